The quantitative estimate of drug-likeness (QED) is 0.468. The minimum absolute atomic E-state index is 0.211. The van der Waals surface area contributed by atoms with E-state index in [1.165, 1.54) is 61.2 Å². The molecule has 2 N–H and O–H groups in total. The topological polar surface area (TPSA) is 64.0 Å². The molecule has 1 saturated heterocycles. The minimum atomic E-state index is -1.08. The highest BCUT2D eigenvalue weighted by atomic mass is 16.4. The van der Waals surface area contributed by atoms with Crippen LogP contribution in [0.25, 0.3) is 0 Å². The van der Waals surface area contributed by atoms with Gasteiger partial charge in [-0.3, -0.25) is 9.80 Å². The summed E-state index contributed by atoms with van der Waals surface area (Å²) >= 11 is 0. The van der Waals surface area contributed by atoms with E-state index in [4.69, 9.17) is 0 Å². The SMILES string of the molecule is CCCCCCCCN1C(=O)N(CCCCCCCC)C(O)C1O. The number of aliphatic hydroxyl groups excluding tert-OH is 2. The maximum atomic E-state index is 12.4. The fourth-order valence-corrected chi connectivity index (χ4v) is 3.29. The molecule has 5 heteroatoms. The van der Waals surface area contributed by atoms with E-state index in [2.05, 4.69) is 13.8 Å². The van der Waals surface area contributed by atoms with E-state index in [0.717, 1.165) is 25.7 Å². The van der Waals surface area contributed by atoms with E-state index >= 15 is 0 Å². The summed E-state index contributed by atoms with van der Waals surface area (Å²) < 4.78 is 0. The zero-order chi connectivity index (χ0) is 17.8. The third-order valence-electron chi connectivity index (χ3n) is 4.90. The number of amides is 2. The molecule has 0 saturated carbocycles. The second kappa shape index (κ2) is 12.5. The number of carbonyl (C=O) groups excluding carboxylic acids is 1. The van der Waals surface area contributed by atoms with Gasteiger partial charge >= 0.3 is 6.03 Å². The molecule has 1 aliphatic heterocycles. The van der Waals surface area contributed by atoms with Crippen molar-refractivity contribution in [3.05, 3.63) is 0 Å². The van der Waals surface area contributed by atoms with Crippen molar-refractivity contribution in [1.82, 2.24) is 9.80 Å². The van der Waals surface area contributed by atoms with E-state index < -0.39 is 12.5 Å². The third kappa shape index (κ3) is 6.98. The van der Waals surface area contributed by atoms with E-state index in [0.29, 0.717) is 13.1 Å². The molecule has 0 aromatic rings. The van der Waals surface area contributed by atoms with Gasteiger partial charge in [-0.2, -0.15) is 0 Å². The van der Waals surface area contributed by atoms with E-state index in [9.17, 15) is 15.0 Å². The number of unbranched alkanes of at least 4 members (excludes halogenated alkanes) is 10. The Kier molecular flexibility index (Phi) is 11.1. The first kappa shape index (κ1) is 21.2. The second-order valence-electron chi connectivity index (χ2n) is 7.03. The molecule has 0 radical (unpaired) electrons. The Morgan fingerprint density at radius 2 is 1.00 bits per heavy atom. The van der Waals surface area contributed by atoms with E-state index in [1.54, 1.807) is 0 Å². The molecule has 24 heavy (non-hydrogen) atoms. The van der Waals surface area contributed by atoms with Gasteiger partial charge in [0.15, 0.2) is 12.5 Å². The molecule has 0 spiro atoms. The molecule has 0 aromatic carbocycles. The third-order valence-corrected chi connectivity index (χ3v) is 4.90. The normalized spacial score (nSPS) is 21.1. The number of aliphatic hydroxyl groups is 2. The van der Waals surface area contributed by atoms with Gasteiger partial charge < -0.3 is 10.2 Å². The average Bonchev–Trinajstić information content (AvgIpc) is 2.78. The Balaban J connectivity index is 2.25. The Morgan fingerprint density at radius 1 is 0.667 bits per heavy atom. The van der Waals surface area contributed by atoms with Crippen LogP contribution in [0, 0.1) is 0 Å². The number of hydrogen-bond donors (Lipinski definition) is 2. The first-order valence-corrected chi connectivity index (χ1v) is 10.1. The molecule has 1 aliphatic rings. The summed E-state index contributed by atoms with van der Waals surface area (Å²) in [6.07, 6.45) is 11.6. The van der Waals surface area contributed by atoms with Crippen molar-refractivity contribution < 1.29 is 15.0 Å². The second-order valence-corrected chi connectivity index (χ2v) is 7.03. The van der Waals surface area contributed by atoms with Crippen molar-refractivity contribution in [3.63, 3.8) is 0 Å². The van der Waals surface area contributed by atoms with Crippen molar-refractivity contribution in [2.75, 3.05) is 13.1 Å². The number of urea groups is 1. The molecule has 1 heterocycles. The highest BCUT2D eigenvalue weighted by Crippen LogP contribution is 2.21. The van der Waals surface area contributed by atoms with Crippen LogP contribution in [0.5, 0.6) is 0 Å². The summed E-state index contributed by atoms with van der Waals surface area (Å²) in [6, 6.07) is -0.211. The van der Waals surface area contributed by atoms with Crippen LogP contribution < -0.4 is 0 Å². The summed E-state index contributed by atoms with van der Waals surface area (Å²) in [6.45, 7) is 5.46. The minimum Gasteiger partial charge on any atom is -0.369 e. The highest BCUT2D eigenvalue weighted by molar-refractivity contribution is 5.77. The van der Waals surface area contributed by atoms with Crippen LogP contribution in [-0.2, 0) is 0 Å². The van der Waals surface area contributed by atoms with Crippen molar-refractivity contribution >= 4 is 6.03 Å². The average molecular weight is 343 g/mol. The number of rotatable bonds is 14. The van der Waals surface area contributed by atoms with Crippen LogP contribution >= 0.6 is 0 Å². The van der Waals surface area contributed by atoms with Gasteiger partial charge in [-0.1, -0.05) is 78.1 Å². The molecule has 0 aliphatic carbocycles. The van der Waals surface area contributed by atoms with Gasteiger partial charge in [-0.25, -0.2) is 4.79 Å². The van der Waals surface area contributed by atoms with Crippen LogP contribution in [0.15, 0.2) is 0 Å². The standard InChI is InChI=1S/C19H38N2O3/c1-3-5-7-9-11-13-15-20-17(22)18(23)21(19(20)24)16-14-12-10-8-6-4-2/h17-18,22-23H,3-16H2,1-2H3. The van der Waals surface area contributed by atoms with Gasteiger partial charge in [0, 0.05) is 13.1 Å². The lowest BCUT2D eigenvalue weighted by molar-refractivity contribution is -0.0665. The summed E-state index contributed by atoms with van der Waals surface area (Å²) in [5.41, 5.74) is 0. The highest BCUT2D eigenvalue weighted by Gasteiger charge is 2.43. The smallest absolute Gasteiger partial charge is 0.324 e. The van der Waals surface area contributed by atoms with E-state index in [-0.39, 0.29) is 6.03 Å². The zero-order valence-corrected chi connectivity index (χ0v) is 15.8. The van der Waals surface area contributed by atoms with Crippen molar-refractivity contribution in [2.24, 2.45) is 0 Å². The van der Waals surface area contributed by atoms with Crippen molar-refractivity contribution in [3.8, 4) is 0 Å². The molecule has 142 valence electrons. The molecule has 2 unspecified atom stereocenters. The first-order valence-electron chi connectivity index (χ1n) is 10.1. The number of hydrogen-bond acceptors (Lipinski definition) is 3. The Labute approximate surface area is 148 Å². The summed E-state index contributed by atoms with van der Waals surface area (Å²) in [5, 5.41) is 20.3. The van der Waals surface area contributed by atoms with Gasteiger partial charge in [-0.15, -0.1) is 0 Å². The van der Waals surface area contributed by atoms with Crippen LogP contribution in [-0.4, -0.2) is 51.6 Å². The zero-order valence-electron chi connectivity index (χ0n) is 15.8. The van der Waals surface area contributed by atoms with Gasteiger partial charge in [0.05, 0.1) is 0 Å². The fourth-order valence-electron chi connectivity index (χ4n) is 3.29. The summed E-state index contributed by atoms with van der Waals surface area (Å²) in [7, 11) is 0. The summed E-state index contributed by atoms with van der Waals surface area (Å²) in [5.74, 6) is 0. The fraction of sp³-hybridized carbons (Fsp3) is 0.947. The van der Waals surface area contributed by atoms with Gasteiger partial charge in [-0.05, 0) is 12.8 Å². The van der Waals surface area contributed by atoms with Crippen molar-refractivity contribution in [1.29, 1.82) is 0 Å². The molecule has 0 aromatic heterocycles. The molecule has 2 amide bonds. The molecule has 5 nitrogen and oxygen atoms in total. The Hall–Kier alpha value is -0.810. The molecule has 1 fully saturated rings. The maximum absolute atomic E-state index is 12.4. The Morgan fingerprint density at radius 3 is 1.38 bits per heavy atom. The lowest BCUT2D eigenvalue weighted by Crippen LogP contribution is -2.37. The van der Waals surface area contributed by atoms with Crippen LogP contribution in [0.1, 0.15) is 90.9 Å². The van der Waals surface area contributed by atoms with Crippen molar-refractivity contribution in [2.45, 2.75) is 103 Å². The lowest BCUT2D eigenvalue weighted by atomic mass is 10.1. The van der Waals surface area contributed by atoms with Gasteiger partial charge in [0.1, 0.15) is 0 Å². The maximum Gasteiger partial charge on any atom is 0.324 e. The lowest BCUT2D eigenvalue weighted by Gasteiger charge is -2.19. The van der Waals surface area contributed by atoms with Crippen LogP contribution in [0.3, 0.4) is 0 Å². The predicted molar refractivity (Wildman–Crippen MR) is 97.6 cm³/mol. The Bertz CT molecular complexity index is 309. The molecular weight excluding hydrogens is 304 g/mol. The molecule has 2 atom stereocenters. The van der Waals surface area contributed by atoms with Gasteiger partial charge in [0.2, 0.25) is 0 Å². The number of carbonyl (C=O) groups is 1. The largest absolute Gasteiger partial charge is 0.369 e. The van der Waals surface area contributed by atoms with Crippen LogP contribution in [0.4, 0.5) is 4.79 Å². The first-order chi connectivity index (χ1) is 11.6. The predicted octanol–water partition coefficient (Wildman–Crippen LogP) is 4.08. The molecular formula is C19H38N2O3. The summed E-state index contributed by atoms with van der Waals surface area (Å²) in [4.78, 5) is 15.3. The monoisotopic (exact) mass is 342 g/mol. The molecule has 0 bridgehead atoms. The van der Waals surface area contributed by atoms with Crippen LogP contribution in [0.2, 0.25) is 0 Å². The van der Waals surface area contributed by atoms with Gasteiger partial charge in [0.25, 0.3) is 0 Å². The van der Waals surface area contributed by atoms with E-state index in [1.807, 2.05) is 0 Å². The number of nitrogens with zero attached hydrogens (tertiary/aromatic N) is 2. The molecule has 1 rings (SSSR count).